The Morgan fingerprint density at radius 2 is 2.28 bits per heavy atom. The number of hydrogen-bond acceptors (Lipinski definition) is 6. The van der Waals surface area contributed by atoms with Gasteiger partial charge in [-0.2, -0.15) is 5.10 Å². The van der Waals surface area contributed by atoms with E-state index < -0.39 is 5.97 Å². The summed E-state index contributed by atoms with van der Waals surface area (Å²) in [7, 11) is 0. The van der Waals surface area contributed by atoms with Crippen LogP contribution in [0.2, 0.25) is 0 Å². The van der Waals surface area contributed by atoms with Crippen molar-refractivity contribution in [2.75, 3.05) is 12.0 Å². The predicted molar refractivity (Wildman–Crippen MR) is 73.0 cm³/mol. The third-order valence-corrected chi connectivity index (χ3v) is 3.13. The third kappa shape index (κ3) is 2.84. The zero-order valence-corrected chi connectivity index (χ0v) is 11.0. The number of hydrogen-bond donors (Lipinski definition) is 1. The van der Waals surface area contributed by atoms with Gasteiger partial charge in [-0.15, -0.1) is 0 Å². The van der Waals surface area contributed by atoms with Crippen molar-refractivity contribution in [3.63, 3.8) is 0 Å². The molecule has 0 fully saturated rings. The number of carbonyl (C=O) groups is 1. The topological polar surface area (TPSA) is 63.6 Å². The number of anilines is 1. The smallest absolute Gasteiger partial charge is 0.354 e. The fourth-order valence-corrected chi connectivity index (χ4v) is 2.14. The predicted octanol–water partition coefficient (Wildman–Crippen LogP) is 2.65. The molecule has 1 N–H and O–H groups in total. The van der Waals surface area contributed by atoms with E-state index in [1.165, 1.54) is 11.3 Å². The van der Waals surface area contributed by atoms with Crippen molar-refractivity contribution in [2.45, 2.75) is 13.8 Å². The number of benzene rings is 1. The maximum absolute atomic E-state index is 11.3. The number of esters is 1. The summed E-state index contributed by atoms with van der Waals surface area (Å²) in [5, 5.41) is 4.60. The lowest BCUT2D eigenvalue weighted by Crippen LogP contribution is -2.15. The molecule has 0 radical (unpaired) electrons. The Bertz CT molecular complexity index is 559. The van der Waals surface area contributed by atoms with Gasteiger partial charge in [0.25, 0.3) is 0 Å². The van der Waals surface area contributed by atoms with E-state index in [2.05, 4.69) is 15.5 Å². The first kappa shape index (κ1) is 12.5. The molecule has 0 aliphatic rings. The summed E-state index contributed by atoms with van der Waals surface area (Å²) in [5.74, 6) is -0.425. The maximum atomic E-state index is 11.3. The summed E-state index contributed by atoms with van der Waals surface area (Å²) >= 11 is 1.48. The number of thiazole rings is 1. The van der Waals surface area contributed by atoms with Crippen molar-refractivity contribution in [1.82, 2.24) is 4.98 Å². The quantitative estimate of drug-likeness (QED) is 0.523. The van der Waals surface area contributed by atoms with Crippen LogP contribution in [-0.4, -0.2) is 23.3 Å². The minimum atomic E-state index is -0.425. The molecule has 5 nitrogen and oxygen atoms in total. The highest BCUT2D eigenvalue weighted by Gasteiger charge is 2.07. The van der Waals surface area contributed by atoms with Crippen molar-refractivity contribution in [2.24, 2.45) is 5.10 Å². The Morgan fingerprint density at radius 1 is 1.50 bits per heavy atom. The second kappa shape index (κ2) is 5.59. The number of carbonyl (C=O) groups excluding carboxylic acids is 1. The standard InChI is InChI=1S/C12H13N3O2S/c1-3-17-11(16)8(2)14-15-12-13-9-6-4-5-7-10(9)18-12/h4-7H,3H2,1-2H3,(H,13,15). The van der Waals surface area contributed by atoms with Crippen molar-refractivity contribution < 1.29 is 9.53 Å². The van der Waals surface area contributed by atoms with Crippen molar-refractivity contribution in [3.05, 3.63) is 24.3 Å². The van der Waals surface area contributed by atoms with E-state index in [1.807, 2.05) is 24.3 Å². The first-order valence-corrected chi connectivity index (χ1v) is 6.35. The van der Waals surface area contributed by atoms with Gasteiger partial charge in [0.1, 0.15) is 5.71 Å². The summed E-state index contributed by atoms with van der Waals surface area (Å²) in [5.41, 5.74) is 3.95. The first-order chi connectivity index (χ1) is 8.70. The molecule has 0 saturated carbocycles. The first-order valence-electron chi connectivity index (χ1n) is 5.53. The number of fused-ring (bicyclic) bond motifs is 1. The van der Waals surface area contributed by atoms with E-state index in [0.717, 1.165) is 10.2 Å². The molecule has 0 saturated heterocycles. The third-order valence-electron chi connectivity index (χ3n) is 2.18. The van der Waals surface area contributed by atoms with E-state index in [0.29, 0.717) is 11.7 Å². The van der Waals surface area contributed by atoms with Crippen LogP contribution in [-0.2, 0) is 9.53 Å². The molecule has 6 heteroatoms. The van der Waals surface area contributed by atoms with Crippen LogP contribution in [0.15, 0.2) is 29.4 Å². The van der Waals surface area contributed by atoms with Crippen molar-refractivity contribution >= 4 is 38.4 Å². The fraction of sp³-hybridized carbons (Fsp3) is 0.250. The molecule has 2 aromatic rings. The van der Waals surface area contributed by atoms with E-state index in [1.54, 1.807) is 13.8 Å². The molecule has 0 unspecified atom stereocenters. The van der Waals surface area contributed by atoms with Crippen LogP contribution in [0.3, 0.4) is 0 Å². The molecule has 0 aliphatic carbocycles. The second-order valence-corrected chi connectivity index (χ2v) is 4.55. The number of ether oxygens (including phenoxy) is 1. The monoisotopic (exact) mass is 263 g/mol. The van der Waals surface area contributed by atoms with Gasteiger partial charge in [0.05, 0.1) is 16.8 Å². The fourth-order valence-electron chi connectivity index (χ4n) is 1.33. The molecule has 0 spiro atoms. The molecular formula is C12H13N3O2S. The van der Waals surface area contributed by atoms with Gasteiger partial charge in [-0.25, -0.2) is 9.78 Å². The van der Waals surface area contributed by atoms with Gasteiger partial charge in [-0.3, -0.25) is 5.43 Å². The number of aromatic nitrogens is 1. The Labute approximate surface area is 108 Å². The van der Waals surface area contributed by atoms with Gasteiger partial charge in [0, 0.05) is 0 Å². The summed E-state index contributed by atoms with van der Waals surface area (Å²) < 4.78 is 5.90. The lowest BCUT2D eigenvalue weighted by atomic mass is 10.3. The zero-order valence-electron chi connectivity index (χ0n) is 10.1. The SMILES string of the molecule is CCOC(=O)C(C)=NNc1nc2ccccc2s1. The molecule has 0 amide bonds. The summed E-state index contributed by atoms with van der Waals surface area (Å²) in [4.78, 5) is 15.7. The molecular weight excluding hydrogens is 250 g/mol. The summed E-state index contributed by atoms with van der Waals surface area (Å²) in [6, 6.07) is 7.80. The molecule has 0 aliphatic heterocycles. The minimum absolute atomic E-state index is 0.274. The van der Waals surface area contributed by atoms with Gasteiger partial charge in [-0.1, -0.05) is 23.5 Å². The van der Waals surface area contributed by atoms with Crippen LogP contribution in [0.1, 0.15) is 13.8 Å². The number of para-hydroxylation sites is 1. The molecule has 18 heavy (non-hydrogen) atoms. The summed E-state index contributed by atoms with van der Waals surface area (Å²) in [6.07, 6.45) is 0. The highest BCUT2D eigenvalue weighted by molar-refractivity contribution is 7.22. The summed E-state index contributed by atoms with van der Waals surface area (Å²) in [6.45, 7) is 3.69. The zero-order chi connectivity index (χ0) is 13.0. The van der Waals surface area contributed by atoms with Crippen LogP contribution in [0, 0.1) is 0 Å². The Balaban J connectivity index is 2.09. The van der Waals surface area contributed by atoms with Crippen LogP contribution in [0.25, 0.3) is 10.2 Å². The van der Waals surface area contributed by atoms with Crippen molar-refractivity contribution in [3.8, 4) is 0 Å². The average molecular weight is 263 g/mol. The Morgan fingerprint density at radius 3 is 3.00 bits per heavy atom. The van der Waals surface area contributed by atoms with Gasteiger partial charge in [0.2, 0.25) is 5.13 Å². The van der Waals surface area contributed by atoms with Crippen LogP contribution in [0.4, 0.5) is 5.13 Å². The largest absolute Gasteiger partial charge is 0.461 e. The lowest BCUT2D eigenvalue weighted by Gasteiger charge is -2.00. The normalized spacial score (nSPS) is 11.6. The lowest BCUT2D eigenvalue weighted by molar-refractivity contribution is -0.135. The van der Waals surface area contributed by atoms with Crippen molar-refractivity contribution in [1.29, 1.82) is 0 Å². The molecule has 2 rings (SSSR count). The molecule has 0 bridgehead atoms. The van der Waals surface area contributed by atoms with E-state index in [-0.39, 0.29) is 5.71 Å². The van der Waals surface area contributed by atoms with Gasteiger partial charge in [-0.05, 0) is 26.0 Å². The second-order valence-electron chi connectivity index (χ2n) is 3.52. The minimum Gasteiger partial charge on any atom is -0.461 e. The molecule has 1 aromatic heterocycles. The maximum Gasteiger partial charge on any atom is 0.354 e. The van der Waals surface area contributed by atoms with Crippen LogP contribution >= 0.6 is 11.3 Å². The van der Waals surface area contributed by atoms with Crippen LogP contribution < -0.4 is 5.43 Å². The average Bonchev–Trinajstić information content (AvgIpc) is 2.78. The van der Waals surface area contributed by atoms with E-state index in [4.69, 9.17) is 4.74 Å². The number of nitrogens with zero attached hydrogens (tertiary/aromatic N) is 2. The number of rotatable bonds is 4. The van der Waals surface area contributed by atoms with E-state index >= 15 is 0 Å². The molecule has 1 heterocycles. The Kier molecular flexibility index (Phi) is 3.88. The van der Waals surface area contributed by atoms with Gasteiger partial charge >= 0.3 is 5.97 Å². The molecule has 1 aromatic carbocycles. The number of hydrazone groups is 1. The Hall–Kier alpha value is -1.95. The molecule has 0 atom stereocenters. The van der Waals surface area contributed by atoms with Crippen LogP contribution in [0.5, 0.6) is 0 Å². The van der Waals surface area contributed by atoms with Gasteiger partial charge in [0.15, 0.2) is 0 Å². The number of nitrogens with one attached hydrogen (secondary N) is 1. The van der Waals surface area contributed by atoms with E-state index in [9.17, 15) is 4.79 Å². The highest BCUT2D eigenvalue weighted by atomic mass is 32.1. The highest BCUT2D eigenvalue weighted by Crippen LogP contribution is 2.25. The molecule has 94 valence electrons. The van der Waals surface area contributed by atoms with Gasteiger partial charge < -0.3 is 4.74 Å².